The Morgan fingerprint density at radius 1 is 0.875 bits per heavy atom. The van der Waals surface area contributed by atoms with Crippen molar-refractivity contribution in [2.24, 2.45) is 0 Å². The summed E-state index contributed by atoms with van der Waals surface area (Å²) in [5.74, 6) is -0.527. The number of rotatable bonds is 6. The molecule has 40 heavy (non-hydrogen) atoms. The summed E-state index contributed by atoms with van der Waals surface area (Å²) in [6.07, 6.45) is -1.49. The molecule has 2 amide bonds. The number of nitrogens with one attached hydrogen (secondary N) is 3. The molecule has 0 aliphatic rings. The lowest BCUT2D eigenvalue weighted by atomic mass is 10.1. The standard InChI is InChI=1S/C28H21F3N6O2S/c1-15-6-8-17(26(38)36-19-5-3-4-18(11-19)28(29,30)31)10-22(15)37-27(39)21-13-40-24-23(21)33-14-34-25(24)35-20-9-7-16(2)32-12-20/h3-14H,1-2H3,(H,36,38)(H,37,39)(H,33,34,35). The molecule has 0 aliphatic carbocycles. The fraction of sp³-hybridized carbons (Fsp3) is 0.107. The van der Waals surface area contributed by atoms with E-state index < -0.39 is 23.6 Å². The second-order valence-corrected chi connectivity index (χ2v) is 9.76. The van der Waals surface area contributed by atoms with Crippen molar-refractivity contribution in [1.82, 2.24) is 15.0 Å². The second kappa shape index (κ2) is 10.7. The zero-order valence-corrected chi connectivity index (χ0v) is 21.9. The molecule has 8 nitrogen and oxygen atoms in total. The molecule has 0 bridgehead atoms. The van der Waals surface area contributed by atoms with Crippen molar-refractivity contribution in [3.63, 3.8) is 0 Å². The minimum Gasteiger partial charge on any atom is -0.338 e. The number of halogens is 3. The summed E-state index contributed by atoms with van der Waals surface area (Å²) in [4.78, 5) is 38.9. The Morgan fingerprint density at radius 2 is 1.70 bits per heavy atom. The maximum Gasteiger partial charge on any atom is 0.416 e. The fourth-order valence-corrected chi connectivity index (χ4v) is 4.79. The van der Waals surface area contributed by atoms with Crippen LogP contribution in [0.5, 0.6) is 0 Å². The van der Waals surface area contributed by atoms with Gasteiger partial charge in [0.05, 0.1) is 33.2 Å². The van der Waals surface area contributed by atoms with Gasteiger partial charge in [0.1, 0.15) is 6.33 Å². The Morgan fingerprint density at radius 3 is 2.45 bits per heavy atom. The van der Waals surface area contributed by atoms with Crippen molar-refractivity contribution in [2.75, 3.05) is 16.0 Å². The first-order chi connectivity index (χ1) is 19.1. The third-order valence-corrected chi connectivity index (χ3v) is 6.94. The van der Waals surface area contributed by atoms with Gasteiger partial charge >= 0.3 is 6.18 Å². The third-order valence-electron chi connectivity index (χ3n) is 5.97. The number of aryl methyl sites for hydroxylation is 2. The monoisotopic (exact) mass is 562 g/mol. The second-order valence-electron chi connectivity index (χ2n) is 8.88. The molecule has 0 atom stereocenters. The van der Waals surface area contributed by atoms with E-state index in [0.29, 0.717) is 32.8 Å². The molecule has 5 rings (SSSR count). The predicted octanol–water partition coefficient (Wildman–Crippen LogP) is 6.97. The quantitative estimate of drug-likeness (QED) is 0.206. The molecule has 3 heterocycles. The molecule has 0 saturated carbocycles. The molecule has 5 aromatic rings. The number of pyridine rings is 1. The van der Waals surface area contributed by atoms with Crippen LogP contribution in [0.3, 0.4) is 0 Å². The highest BCUT2D eigenvalue weighted by molar-refractivity contribution is 7.18. The Bertz CT molecular complexity index is 1730. The zero-order chi connectivity index (χ0) is 28.4. The molecule has 0 spiro atoms. The Balaban J connectivity index is 1.35. The van der Waals surface area contributed by atoms with Crippen LogP contribution in [-0.2, 0) is 6.18 Å². The van der Waals surface area contributed by atoms with Crippen molar-refractivity contribution in [3.05, 3.63) is 100 Å². The van der Waals surface area contributed by atoms with Gasteiger partial charge in [-0.3, -0.25) is 14.6 Å². The normalized spacial score (nSPS) is 11.3. The number of thiophene rings is 1. The summed E-state index contributed by atoms with van der Waals surface area (Å²) >= 11 is 1.31. The number of fused-ring (bicyclic) bond motifs is 1. The number of hydrogen-bond donors (Lipinski definition) is 3. The van der Waals surface area contributed by atoms with Gasteiger partial charge in [-0.05, 0) is 61.9 Å². The molecule has 3 N–H and O–H groups in total. The fourth-order valence-electron chi connectivity index (χ4n) is 3.84. The molecule has 0 saturated heterocycles. The average Bonchev–Trinajstić information content (AvgIpc) is 3.36. The zero-order valence-electron chi connectivity index (χ0n) is 21.1. The first-order valence-corrected chi connectivity index (χ1v) is 12.8. The number of alkyl halides is 3. The van der Waals surface area contributed by atoms with Crippen LogP contribution in [0.1, 0.15) is 37.5 Å². The highest BCUT2D eigenvalue weighted by atomic mass is 32.1. The van der Waals surface area contributed by atoms with Crippen LogP contribution in [0.4, 0.5) is 36.1 Å². The van der Waals surface area contributed by atoms with E-state index in [2.05, 4.69) is 30.9 Å². The van der Waals surface area contributed by atoms with Crippen molar-refractivity contribution in [3.8, 4) is 0 Å². The lowest BCUT2D eigenvalue weighted by molar-refractivity contribution is -0.137. The van der Waals surface area contributed by atoms with Gasteiger partial charge in [-0.15, -0.1) is 11.3 Å². The minimum atomic E-state index is -4.53. The van der Waals surface area contributed by atoms with E-state index in [0.717, 1.165) is 23.5 Å². The Kier molecular flexibility index (Phi) is 7.18. The van der Waals surface area contributed by atoms with Crippen LogP contribution in [0.15, 0.2) is 72.5 Å². The molecular formula is C28H21F3N6O2S. The molecule has 12 heteroatoms. The van der Waals surface area contributed by atoms with Gasteiger partial charge in [-0.2, -0.15) is 13.2 Å². The summed E-state index contributed by atoms with van der Waals surface area (Å²) in [6.45, 7) is 3.65. The number of amides is 2. The highest BCUT2D eigenvalue weighted by Crippen LogP contribution is 2.32. The van der Waals surface area contributed by atoms with E-state index in [1.165, 1.54) is 41.9 Å². The van der Waals surface area contributed by atoms with Gasteiger partial charge in [-0.1, -0.05) is 12.1 Å². The first-order valence-electron chi connectivity index (χ1n) is 11.9. The van der Waals surface area contributed by atoms with Crippen molar-refractivity contribution in [2.45, 2.75) is 20.0 Å². The van der Waals surface area contributed by atoms with Crippen LogP contribution in [0.2, 0.25) is 0 Å². The highest BCUT2D eigenvalue weighted by Gasteiger charge is 2.30. The van der Waals surface area contributed by atoms with Crippen molar-refractivity contribution < 1.29 is 22.8 Å². The van der Waals surface area contributed by atoms with Crippen LogP contribution < -0.4 is 16.0 Å². The van der Waals surface area contributed by atoms with Gasteiger partial charge in [0.2, 0.25) is 0 Å². The van der Waals surface area contributed by atoms with Gasteiger partial charge in [0.25, 0.3) is 11.8 Å². The number of anilines is 4. The predicted molar refractivity (Wildman–Crippen MR) is 148 cm³/mol. The summed E-state index contributed by atoms with van der Waals surface area (Å²) in [5, 5.41) is 10.2. The number of aromatic nitrogens is 3. The van der Waals surface area contributed by atoms with Gasteiger partial charge in [-0.25, -0.2) is 9.97 Å². The largest absolute Gasteiger partial charge is 0.416 e. The SMILES string of the molecule is Cc1ccc(Nc2ncnc3c(C(=O)Nc4cc(C(=O)Nc5cccc(C(F)(F)F)c5)ccc4C)csc23)cn1. The summed E-state index contributed by atoms with van der Waals surface area (Å²) in [5.41, 5.74) is 2.74. The molecule has 0 fully saturated rings. The molecule has 0 radical (unpaired) electrons. The van der Waals surface area contributed by atoms with E-state index in [1.807, 2.05) is 19.1 Å². The number of benzene rings is 2. The van der Waals surface area contributed by atoms with E-state index >= 15 is 0 Å². The molecule has 2 aromatic carbocycles. The van der Waals surface area contributed by atoms with Crippen molar-refractivity contribution in [1.29, 1.82) is 0 Å². The number of nitrogens with zero attached hydrogens (tertiary/aromatic N) is 3. The lowest BCUT2D eigenvalue weighted by Gasteiger charge is -2.12. The van der Waals surface area contributed by atoms with Gasteiger partial charge in [0.15, 0.2) is 5.82 Å². The molecule has 3 aromatic heterocycles. The summed E-state index contributed by atoms with van der Waals surface area (Å²) in [7, 11) is 0. The molecule has 0 unspecified atom stereocenters. The first kappa shape index (κ1) is 26.8. The van der Waals surface area contributed by atoms with Crippen molar-refractivity contribution >= 4 is 56.2 Å². The topological polar surface area (TPSA) is 109 Å². The number of hydrogen-bond acceptors (Lipinski definition) is 7. The van der Waals surface area contributed by atoms with E-state index in [4.69, 9.17) is 0 Å². The van der Waals surface area contributed by atoms with E-state index in [1.54, 1.807) is 24.6 Å². The lowest BCUT2D eigenvalue weighted by Crippen LogP contribution is -2.16. The number of carbonyl (C=O) groups excluding carboxylic acids is 2. The Labute approximate surface area is 230 Å². The van der Waals surface area contributed by atoms with Crippen LogP contribution in [-0.4, -0.2) is 26.8 Å². The summed E-state index contributed by atoms with van der Waals surface area (Å²) < 4.78 is 39.8. The maximum atomic E-state index is 13.2. The molecule has 0 aliphatic heterocycles. The van der Waals surface area contributed by atoms with Crippen LogP contribution >= 0.6 is 11.3 Å². The van der Waals surface area contributed by atoms with Gasteiger partial charge < -0.3 is 16.0 Å². The van der Waals surface area contributed by atoms with Gasteiger partial charge in [0, 0.05) is 28.0 Å². The summed E-state index contributed by atoms with van der Waals surface area (Å²) in [6, 6.07) is 12.7. The van der Waals surface area contributed by atoms with Crippen LogP contribution in [0, 0.1) is 13.8 Å². The Hall–Kier alpha value is -4.84. The van der Waals surface area contributed by atoms with Crippen LogP contribution in [0.25, 0.3) is 10.2 Å². The molecule has 202 valence electrons. The van der Waals surface area contributed by atoms with E-state index in [9.17, 15) is 22.8 Å². The number of carbonyl (C=O) groups is 2. The third kappa shape index (κ3) is 5.76. The maximum absolute atomic E-state index is 13.2. The molecular weight excluding hydrogens is 541 g/mol. The average molecular weight is 563 g/mol. The van der Waals surface area contributed by atoms with E-state index in [-0.39, 0.29) is 11.3 Å². The smallest absolute Gasteiger partial charge is 0.338 e. The minimum absolute atomic E-state index is 0.00115.